The lowest BCUT2D eigenvalue weighted by molar-refractivity contribution is 0.102. The van der Waals surface area contributed by atoms with Crippen molar-refractivity contribution in [3.05, 3.63) is 52.4 Å². The van der Waals surface area contributed by atoms with Gasteiger partial charge in [0.1, 0.15) is 5.75 Å². The van der Waals surface area contributed by atoms with Gasteiger partial charge in [0.2, 0.25) is 5.56 Å². The molecule has 21 heavy (non-hydrogen) atoms. The van der Waals surface area contributed by atoms with E-state index in [2.05, 4.69) is 5.32 Å². The van der Waals surface area contributed by atoms with Gasteiger partial charge in [0.05, 0.1) is 18.0 Å². The molecule has 2 aromatic rings. The third kappa shape index (κ3) is 3.42. The number of nitrogens with zero attached hydrogens (tertiary/aromatic N) is 1. The molecular formula is C15H17N3O3. The number of aromatic nitrogens is 1. The van der Waals surface area contributed by atoms with Crippen LogP contribution in [0.15, 0.2) is 41.3 Å². The number of ether oxygens (including phenoxy) is 1. The highest BCUT2D eigenvalue weighted by Crippen LogP contribution is 2.22. The number of hydrogen-bond donors (Lipinski definition) is 2. The number of benzene rings is 1. The average molecular weight is 287 g/mol. The van der Waals surface area contributed by atoms with Gasteiger partial charge in [-0.2, -0.15) is 0 Å². The van der Waals surface area contributed by atoms with Crippen molar-refractivity contribution in [3.8, 4) is 5.75 Å². The molecule has 6 nitrogen and oxygen atoms in total. The van der Waals surface area contributed by atoms with Gasteiger partial charge >= 0.3 is 0 Å². The molecule has 110 valence electrons. The second-order valence-corrected chi connectivity index (χ2v) is 4.51. The van der Waals surface area contributed by atoms with Crippen molar-refractivity contribution in [2.24, 2.45) is 7.05 Å². The standard InChI is InChI=1S/C15H17N3O3/c1-3-21-13-6-4-10(8-12(13)16)15(20)17-11-5-7-14(19)18(2)9-11/h4-9H,3,16H2,1-2H3,(H,17,20). The molecule has 0 aliphatic carbocycles. The Bertz CT molecular complexity index is 722. The molecule has 0 aliphatic rings. The quantitative estimate of drug-likeness (QED) is 0.837. The molecular weight excluding hydrogens is 270 g/mol. The first-order valence-electron chi connectivity index (χ1n) is 6.51. The van der Waals surface area contributed by atoms with E-state index in [1.807, 2.05) is 6.92 Å². The monoisotopic (exact) mass is 287 g/mol. The molecule has 1 heterocycles. The summed E-state index contributed by atoms with van der Waals surface area (Å²) in [5, 5.41) is 2.71. The first-order valence-corrected chi connectivity index (χ1v) is 6.51. The lowest BCUT2D eigenvalue weighted by atomic mass is 10.1. The maximum Gasteiger partial charge on any atom is 0.255 e. The lowest BCUT2D eigenvalue weighted by Gasteiger charge is -2.10. The van der Waals surface area contributed by atoms with Gasteiger partial charge < -0.3 is 20.4 Å². The van der Waals surface area contributed by atoms with E-state index in [0.29, 0.717) is 29.3 Å². The van der Waals surface area contributed by atoms with E-state index in [1.165, 1.54) is 10.6 Å². The fraction of sp³-hybridized carbons (Fsp3) is 0.200. The molecule has 1 aromatic heterocycles. The first kappa shape index (κ1) is 14.6. The molecule has 2 rings (SSSR count). The Hall–Kier alpha value is -2.76. The summed E-state index contributed by atoms with van der Waals surface area (Å²) in [6.45, 7) is 2.37. The van der Waals surface area contributed by atoms with Crippen molar-refractivity contribution in [3.63, 3.8) is 0 Å². The molecule has 0 unspecified atom stereocenters. The number of anilines is 2. The predicted octanol–water partition coefficient (Wildman–Crippen LogP) is 1.62. The smallest absolute Gasteiger partial charge is 0.255 e. The summed E-state index contributed by atoms with van der Waals surface area (Å²) in [4.78, 5) is 23.4. The Balaban J connectivity index is 2.18. The van der Waals surface area contributed by atoms with Crippen LogP contribution in [0.5, 0.6) is 5.75 Å². The summed E-state index contributed by atoms with van der Waals surface area (Å²) >= 11 is 0. The van der Waals surface area contributed by atoms with E-state index in [-0.39, 0.29) is 11.5 Å². The van der Waals surface area contributed by atoms with Gasteiger partial charge in [-0.05, 0) is 31.2 Å². The Morgan fingerprint density at radius 3 is 2.71 bits per heavy atom. The maximum absolute atomic E-state index is 12.1. The number of aryl methyl sites for hydroxylation is 1. The van der Waals surface area contributed by atoms with E-state index in [4.69, 9.17) is 10.5 Å². The Morgan fingerprint density at radius 1 is 1.33 bits per heavy atom. The zero-order valence-corrected chi connectivity index (χ0v) is 11.9. The van der Waals surface area contributed by atoms with Crippen molar-refractivity contribution in [1.29, 1.82) is 0 Å². The number of nitrogen functional groups attached to an aromatic ring is 1. The van der Waals surface area contributed by atoms with Crippen molar-refractivity contribution in [2.75, 3.05) is 17.7 Å². The van der Waals surface area contributed by atoms with E-state index >= 15 is 0 Å². The minimum atomic E-state index is -0.302. The Morgan fingerprint density at radius 2 is 2.10 bits per heavy atom. The largest absolute Gasteiger partial charge is 0.492 e. The number of carbonyl (C=O) groups is 1. The zero-order valence-electron chi connectivity index (χ0n) is 11.9. The molecule has 0 fully saturated rings. The molecule has 0 bridgehead atoms. The van der Waals surface area contributed by atoms with E-state index in [1.54, 1.807) is 37.5 Å². The van der Waals surface area contributed by atoms with Crippen LogP contribution in [0.4, 0.5) is 11.4 Å². The Kier molecular flexibility index (Phi) is 4.27. The second kappa shape index (κ2) is 6.13. The molecule has 3 N–H and O–H groups in total. The molecule has 0 spiro atoms. The Labute approximate surface area is 122 Å². The molecule has 0 saturated carbocycles. The van der Waals surface area contributed by atoms with Crippen molar-refractivity contribution in [1.82, 2.24) is 4.57 Å². The minimum absolute atomic E-state index is 0.140. The number of nitrogens with two attached hydrogens (primary N) is 1. The van der Waals surface area contributed by atoms with Crippen LogP contribution in [-0.4, -0.2) is 17.1 Å². The number of hydrogen-bond acceptors (Lipinski definition) is 4. The highest BCUT2D eigenvalue weighted by atomic mass is 16.5. The third-order valence-electron chi connectivity index (χ3n) is 2.92. The van der Waals surface area contributed by atoms with Gasteiger partial charge in [-0.15, -0.1) is 0 Å². The summed E-state index contributed by atoms with van der Waals surface area (Å²) in [7, 11) is 1.62. The summed E-state index contributed by atoms with van der Waals surface area (Å²) < 4.78 is 6.71. The van der Waals surface area contributed by atoms with E-state index < -0.39 is 0 Å². The minimum Gasteiger partial charge on any atom is -0.492 e. The lowest BCUT2D eigenvalue weighted by Crippen LogP contribution is -2.18. The third-order valence-corrected chi connectivity index (χ3v) is 2.92. The first-order chi connectivity index (χ1) is 10.0. The normalized spacial score (nSPS) is 10.2. The number of amides is 1. The number of carbonyl (C=O) groups excluding carboxylic acids is 1. The van der Waals surface area contributed by atoms with Gasteiger partial charge in [-0.25, -0.2) is 0 Å². The molecule has 1 amide bonds. The van der Waals surface area contributed by atoms with Crippen molar-refractivity contribution >= 4 is 17.3 Å². The summed E-state index contributed by atoms with van der Waals surface area (Å²) in [6.07, 6.45) is 1.55. The number of nitrogens with one attached hydrogen (secondary N) is 1. The highest BCUT2D eigenvalue weighted by molar-refractivity contribution is 6.04. The molecule has 0 aliphatic heterocycles. The van der Waals surface area contributed by atoms with Crippen LogP contribution in [-0.2, 0) is 7.05 Å². The summed E-state index contributed by atoms with van der Waals surface area (Å²) in [6, 6.07) is 7.80. The average Bonchev–Trinajstić information content (AvgIpc) is 2.45. The van der Waals surface area contributed by atoms with E-state index in [9.17, 15) is 9.59 Å². The van der Waals surface area contributed by atoms with Crippen molar-refractivity contribution in [2.45, 2.75) is 6.92 Å². The molecule has 1 aromatic carbocycles. The highest BCUT2D eigenvalue weighted by Gasteiger charge is 2.09. The van der Waals surface area contributed by atoms with Crippen LogP contribution in [0.1, 0.15) is 17.3 Å². The van der Waals surface area contributed by atoms with Gasteiger partial charge in [0.25, 0.3) is 5.91 Å². The second-order valence-electron chi connectivity index (χ2n) is 4.51. The van der Waals surface area contributed by atoms with Crippen LogP contribution >= 0.6 is 0 Å². The zero-order chi connectivity index (χ0) is 15.4. The van der Waals surface area contributed by atoms with Crippen LogP contribution in [0.25, 0.3) is 0 Å². The summed E-state index contributed by atoms with van der Waals surface area (Å²) in [5.74, 6) is 0.250. The van der Waals surface area contributed by atoms with Crippen LogP contribution in [0.3, 0.4) is 0 Å². The SMILES string of the molecule is CCOc1ccc(C(=O)Nc2ccc(=O)n(C)c2)cc1N. The molecule has 0 saturated heterocycles. The van der Waals surface area contributed by atoms with Crippen LogP contribution < -0.4 is 21.3 Å². The van der Waals surface area contributed by atoms with Crippen molar-refractivity contribution < 1.29 is 9.53 Å². The molecule has 6 heteroatoms. The fourth-order valence-corrected chi connectivity index (χ4v) is 1.85. The predicted molar refractivity (Wildman–Crippen MR) is 81.7 cm³/mol. The van der Waals surface area contributed by atoms with Gasteiger partial charge in [-0.3, -0.25) is 9.59 Å². The van der Waals surface area contributed by atoms with Gasteiger partial charge in [-0.1, -0.05) is 0 Å². The fourth-order valence-electron chi connectivity index (χ4n) is 1.85. The summed E-state index contributed by atoms with van der Waals surface area (Å²) in [5.41, 5.74) is 7.06. The number of pyridine rings is 1. The topological polar surface area (TPSA) is 86.3 Å². The molecule has 0 atom stereocenters. The van der Waals surface area contributed by atoms with Crippen LogP contribution in [0, 0.1) is 0 Å². The van der Waals surface area contributed by atoms with Gasteiger partial charge in [0.15, 0.2) is 0 Å². The van der Waals surface area contributed by atoms with Gasteiger partial charge in [0, 0.05) is 24.9 Å². The molecule has 0 radical (unpaired) electrons. The maximum atomic E-state index is 12.1. The number of rotatable bonds is 4. The van der Waals surface area contributed by atoms with Crippen LogP contribution in [0.2, 0.25) is 0 Å². The van der Waals surface area contributed by atoms with E-state index in [0.717, 1.165) is 0 Å².